The second-order valence-corrected chi connectivity index (χ2v) is 7.99. The molecule has 0 aliphatic carbocycles. The van der Waals surface area contributed by atoms with E-state index in [0.29, 0.717) is 17.9 Å². The molecule has 10 nitrogen and oxygen atoms in total. The third-order valence-corrected chi connectivity index (χ3v) is 5.83. The zero-order chi connectivity index (χ0) is 23.1. The molecule has 3 aromatic rings. The summed E-state index contributed by atoms with van der Waals surface area (Å²) in [6, 6.07) is 13.7. The van der Waals surface area contributed by atoms with Gasteiger partial charge in [0.05, 0.1) is 29.6 Å². The Hall–Kier alpha value is -4.34. The van der Waals surface area contributed by atoms with Crippen LogP contribution in [0.2, 0.25) is 0 Å². The van der Waals surface area contributed by atoms with Gasteiger partial charge in [-0.1, -0.05) is 29.5 Å². The maximum absolute atomic E-state index is 13.3. The number of benzene rings is 2. The number of hydrogen-bond donors (Lipinski definition) is 1. The van der Waals surface area contributed by atoms with Gasteiger partial charge in [-0.3, -0.25) is 29.4 Å². The lowest BCUT2D eigenvalue weighted by atomic mass is 10.0. The molecule has 1 N–H and O–H groups in total. The lowest BCUT2D eigenvalue weighted by Crippen LogP contribution is -2.54. The zero-order valence-electron chi connectivity index (χ0n) is 17.8. The Kier molecular flexibility index (Phi) is 4.97. The van der Waals surface area contributed by atoms with Crippen molar-refractivity contribution in [2.75, 3.05) is 11.9 Å². The molecule has 166 valence electrons. The highest BCUT2D eigenvalue weighted by Gasteiger charge is 2.45. The summed E-state index contributed by atoms with van der Waals surface area (Å²) in [6.07, 6.45) is 1.88. The van der Waals surface area contributed by atoms with Crippen LogP contribution in [0.15, 0.2) is 54.7 Å². The Bertz CT molecular complexity index is 1290. The maximum atomic E-state index is 13.3. The average Bonchev–Trinajstić information content (AvgIpc) is 3.38. The molecule has 10 heteroatoms. The monoisotopic (exact) mass is 444 g/mol. The average molecular weight is 444 g/mol. The fourth-order valence-electron chi connectivity index (χ4n) is 4.19. The van der Waals surface area contributed by atoms with Crippen LogP contribution in [0.3, 0.4) is 0 Å². The molecule has 1 saturated heterocycles. The number of aromatic nitrogens is 3. The van der Waals surface area contributed by atoms with Crippen LogP contribution in [-0.2, 0) is 16.1 Å². The number of amides is 4. The van der Waals surface area contributed by atoms with E-state index in [0.717, 1.165) is 10.6 Å². The quantitative estimate of drug-likeness (QED) is 0.590. The van der Waals surface area contributed by atoms with Gasteiger partial charge in [0.2, 0.25) is 11.8 Å². The van der Waals surface area contributed by atoms with Gasteiger partial charge in [-0.05, 0) is 30.7 Å². The predicted octanol–water partition coefficient (Wildman–Crippen LogP) is 1.30. The van der Waals surface area contributed by atoms with Crippen LogP contribution in [0.1, 0.15) is 39.3 Å². The summed E-state index contributed by atoms with van der Waals surface area (Å²) in [7, 11) is 1.94. The highest BCUT2D eigenvalue weighted by molar-refractivity contribution is 6.24. The van der Waals surface area contributed by atoms with Crippen molar-refractivity contribution in [2.24, 2.45) is 0 Å². The SMILES string of the molecule is CN(Cc1cn(-c2cccc3c2C(=O)N(C2CCC(=O)NC2=O)C3=O)nn1)c1ccccc1. The molecule has 4 amide bonds. The summed E-state index contributed by atoms with van der Waals surface area (Å²) in [4.78, 5) is 53.0. The molecular weight excluding hydrogens is 424 g/mol. The fourth-order valence-corrected chi connectivity index (χ4v) is 4.19. The molecule has 1 fully saturated rings. The highest BCUT2D eigenvalue weighted by atomic mass is 16.2. The van der Waals surface area contributed by atoms with E-state index in [9.17, 15) is 19.2 Å². The Balaban J connectivity index is 1.43. The van der Waals surface area contributed by atoms with Crippen LogP contribution in [0.4, 0.5) is 5.69 Å². The van der Waals surface area contributed by atoms with Gasteiger partial charge in [-0.25, -0.2) is 4.68 Å². The molecule has 2 aromatic carbocycles. The van der Waals surface area contributed by atoms with Crippen LogP contribution in [0.5, 0.6) is 0 Å². The number of nitrogens with zero attached hydrogens (tertiary/aromatic N) is 5. The van der Waals surface area contributed by atoms with Crippen molar-refractivity contribution in [3.8, 4) is 5.69 Å². The van der Waals surface area contributed by atoms with Gasteiger partial charge in [-0.15, -0.1) is 5.10 Å². The Morgan fingerprint density at radius 3 is 2.58 bits per heavy atom. The summed E-state index contributed by atoms with van der Waals surface area (Å²) >= 11 is 0. The summed E-state index contributed by atoms with van der Waals surface area (Å²) in [5.41, 5.74) is 2.47. The minimum atomic E-state index is -1.02. The second kappa shape index (κ2) is 7.97. The molecule has 1 unspecified atom stereocenters. The minimum absolute atomic E-state index is 0.0675. The zero-order valence-corrected chi connectivity index (χ0v) is 17.8. The maximum Gasteiger partial charge on any atom is 0.264 e. The van der Waals surface area contributed by atoms with E-state index in [-0.39, 0.29) is 24.0 Å². The normalized spacial score (nSPS) is 17.8. The van der Waals surface area contributed by atoms with Crippen LogP contribution >= 0.6 is 0 Å². The number of para-hydroxylation sites is 1. The lowest BCUT2D eigenvalue weighted by molar-refractivity contribution is -0.136. The van der Waals surface area contributed by atoms with E-state index < -0.39 is 29.7 Å². The van der Waals surface area contributed by atoms with Crippen LogP contribution in [-0.4, -0.2) is 56.6 Å². The van der Waals surface area contributed by atoms with E-state index in [4.69, 9.17) is 0 Å². The van der Waals surface area contributed by atoms with Gasteiger partial charge in [0.25, 0.3) is 11.8 Å². The number of imide groups is 2. The smallest absolute Gasteiger partial charge is 0.264 e. The van der Waals surface area contributed by atoms with Crippen molar-refractivity contribution < 1.29 is 19.2 Å². The third kappa shape index (κ3) is 3.55. The molecule has 1 aromatic heterocycles. The number of anilines is 1. The first-order valence-electron chi connectivity index (χ1n) is 10.5. The van der Waals surface area contributed by atoms with E-state index >= 15 is 0 Å². The van der Waals surface area contributed by atoms with Crippen LogP contribution < -0.4 is 10.2 Å². The number of nitrogens with one attached hydrogen (secondary N) is 1. The predicted molar refractivity (Wildman–Crippen MR) is 117 cm³/mol. The standard InChI is InChI=1S/C23H20N6O4/c1-27(15-6-3-2-4-7-15)12-14-13-28(26-25-14)17-9-5-8-16-20(17)23(33)29(22(16)32)18-10-11-19(30)24-21(18)31/h2-9,13,18H,10-12H2,1H3,(H,24,30,31). The third-order valence-electron chi connectivity index (χ3n) is 5.83. The van der Waals surface area contributed by atoms with Gasteiger partial charge in [0.15, 0.2) is 0 Å². The molecule has 0 spiro atoms. The molecule has 0 saturated carbocycles. The first-order chi connectivity index (χ1) is 15.9. The van der Waals surface area contributed by atoms with E-state index in [2.05, 4.69) is 15.6 Å². The van der Waals surface area contributed by atoms with Crippen molar-refractivity contribution in [2.45, 2.75) is 25.4 Å². The van der Waals surface area contributed by atoms with Crippen LogP contribution in [0, 0.1) is 0 Å². The molecular formula is C23H20N6O4. The summed E-state index contributed by atoms with van der Waals surface area (Å²) < 4.78 is 1.46. The van der Waals surface area contributed by atoms with Gasteiger partial charge in [0, 0.05) is 19.2 Å². The summed E-state index contributed by atoms with van der Waals surface area (Å²) in [5.74, 6) is -2.20. The molecule has 0 bridgehead atoms. The Morgan fingerprint density at radius 2 is 1.82 bits per heavy atom. The molecule has 3 heterocycles. The number of carbonyl (C=O) groups is 4. The Labute approximate surface area is 188 Å². The van der Waals surface area contributed by atoms with Gasteiger partial charge in [-0.2, -0.15) is 0 Å². The van der Waals surface area contributed by atoms with E-state index in [1.54, 1.807) is 24.4 Å². The molecule has 33 heavy (non-hydrogen) atoms. The first-order valence-corrected chi connectivity index (χ1v) is 10.5. The summed E-state index contributed by atoms with van der Waals surface area (Å²) in [5, 5.41) is 10.6. The van der Waals surface area contributed by atoms with Crippen molar-refractivity contribution in [3.05, 3.63) is 71.5 Å². The molecule has 2 aliphatic rings. The lowest BCUT2D eigenvalue weighted by Gasteiger charge is -2.27. The molecule has 1 atom stereocenters. The number of piperidine rings is 1. The van der Waals surface area contributed by atoms with Crippen molar-refractivity contribution >= 4 is 29.3 Å². The molecule has 5 rings (SSSR count). The van der Waals surface area contributed by atoms with Crippen molar-refractivity contribution in [1.29, 1.82) is 0 Å². The first kappa shape index (κ1) is 20.6. The minimum Gasteiger partial charge on any atom is -0.369 e. The number of hydrogen-bond acceptors (Lipinski definition) is 7. The molecule has 0 radical (unpaired) electrons. The fraction of sp³-hybridized carbons (Fsp3) is 0.217. The van der Waals surface area contributed by atoms with Crippen molar-refractivity contribution in [1.82, 2.24) is 25.2 Å². The number of carbonyl (C=O) groups excluding carboxylic acids is 4. The van der Waals surface area contributed by atoms with Gasteiger partial charge >= 0.3 is 0 Å². The van der Waals surface area contributed by atoms with Gasteiger partial charge < -0.3 is 4.90 Å². The summed E-state index contributed by atoms with van der Waals surface area (Å²) in [6.45, 7) is 0.494. The number of rotatable bonds is 5. The van der Waals surface area contributed by atoms with Crippen molar-refractivity contribution in [3.63, 3.8) is 0 Å². The topological polar surface area (TPSA) is 118 Å². The van der Waals surface area contributed by atoms with E-state index in [1.807, 2.05) is 42.3 Å². The van der Waals surface area contributed by atoms with Crippen LogP contribution in [0.25, 0.3) is 5.69 Å². The second-order valence-electron chi connectivity index (χ2n) is 7.99. The highest BCUT2D eigenvalue weighted by Crippen LogP contribution is 2.31. The Morgan fingerprint density at radius 1 is 1.03 bits per heavy atom. The van der Waals surface area contributed by atoms with E-state index in [1.165, 1.54) is 4.68 Å². The van der Waals surface area contributed by atoms with Gasteiger partial charge in [0.1, 0.15) is 11.7 Å². The molecule has 2 aliphatic heterocycles. The largest absolute Gasteiger partial charge is 0.369 e. The number of fused-ring (bicyclic) bond motifs is 1.